The smallest absolute Gasteiger partial charge is 0.269 e. The van der Waals surface area contributed by atoms with E-state index < -0.39 is 4.92 Å². The van der Waals surface area contributed by atoms with Gasteiger partial charge in [0.1, 0.15) is 0 Å². The molecule has 1 N–H and O–H groups in total. The minimum Gasteiger partial charge on any atom is -0.352 e. The van der Waals surface area contributed by atoms with E-state index in [0.717, 1.165) is 10.5 Å². The average Bonchev–Trinajstić information content (AvgIpc) is 2.60. The molecule has 7 heteroatoms. The number of carbonyl (C=O) groups is 1. The third-order valence-electron chi connectivity index (χ3n) is 3.25. The Hall–Kier alpha value is -2.85. The fourth-order valence-corrected chi connectivity index (χ4v) is 2.67. The first-order valence-corrected chi connectivity index (χ1v) is 8.20. The number of benzene rings is 2. The highest BCUT2D eigenvalue weighted by molar-refractivity contribution is 7.99. The lowest BCUT2D eigenvalue weighted by Crippen LogP contribution is -2.25. The monoisotopic (exact) mass is 341 g/mol. The number of hydrogen-bond acceptors (Lipinski definition) is 5. The SMILES string of the molecule is N#CCSc1cccc(C(=O)NCCc2ccc([N+](=O)[O-])cc2)c1. The standard InChI is InChI=1S/C17H15N3O3S/c18-9-11-24-16-3-1-2-14(12-16)17(21)19-10-8-13-4-6-15(7-5-13)20(22)23/h1-7,12H,8,10-11H2,(H,19,21). The van der Waals surface area contributed by atoms with Crippen LogP contribution in [0.4, 0.5) is 5.69 Å². The summed E-state index contributed by atoms with van der Waals surface area (Å²) in [5.74, 6) is 0.155. The molecular formula is C17H15N3O3S. The summed E-state index contributed by atoms with van der Waals surface area (Å²) in [5.41, 5.74) is 1.51. The van der Waals surface area contributed by atoms with Crippen molar-refractivity contribution in [2.24, 2.45) is 0 Å². The van der Waals surface area contributed by atoms with Gasteiger partial charge in [-0.3, -0.25) is 14.9 Å². The van der Waals surface area contributed by atoms with Gasteiger partial charge in [0.15, 0.2) is 0 Å². The summed E-state index contributed by atoms with van der Waals surface area (Å²) >= 11 is 1.38. The second kappa shape index (κ2) is 8.70. The summed E-state index contributed by atoms with van der Waals surface area (Å²) in [6, 6.07) is 15.4. The summed E-state index contributed by atoms with van der Waals surface area (Å²) < 4.78 is 0. The van der Waals surface area contributed by atoms with E-state index in [9.17, 15) is 14.9 Å². The molecule has 0 aliphatic rings. The predicted octanol–water partition coefficient (Wildman–Crippen LogP) is 3.18. The van der Waals surface area contributed by atoms with Crippen molar-refractivity contribution < 1.29 is 9.72 Å². The van der Waals surface area contributed by atoms with Gasteiger partial charge in [-0.25, -0.2) is 0 Å². The van der Waals surface area contributed by atoms with Gasteiger partial charge in [-0.05, 0) is 30.2 Å². The molecule has 0 bridgehead atoms. The maximum atomic E-state index is 12.1. The molecule has 2 rings (SSSR count). The number of nitrogens with one attached hydrogen (secondary N) is 1. The summed E-state index contributed by atoms with van der Waals surface area (Å²) in [4.78, 5) is 23.2. The van der Waals surface area contributed by atoms with E-state index in [1.165, 1.54) is 23.9 Å². The van der Waals surface area contributed by atoms with Crippen molar-refractivity contribution in [3.8, 4) is 6.07 Å². The van der Waals surface area contributed by atoms with Crippen LogP contribution in [0.5, 0.6) is 0 Å². The van der Waals surface area contributed by atoms with Crippen molar-refractivity contribution in [3.63, 3.8) is 0 Å². The highest BCUT2D eigenvalue weighted by atomic mass is 32.2. The Labute approximate surface area is 143 Å². The van der Waals surface area contributed by atoms with Crippen molar-refractivity contribution in [2.75, 3.05) is 12.3 Å². The Kier molecular flexibility index (Phi) is 6.34. The molecule has 122 valence electrons. The van der Waals surface area contributed by atoms with E-state index in [1.54, 1.807) is 30.3 Å². The van der Waals surface area contributed by atoms with Crippen LogP contribution in [0.15, 0.2) is 53.4 Å². The lowest BCUT2D eigenvalue weighted by molar-refractivity contribution is -0.384. The second-order valence-electron chi connectivity index (χ2n) is 4.90. The Morgan fingerprint density at radius 2 is 2.00 bits per heavy atom. The van der Waals surface area contributed by atoms with E-state index in [2.05, 4.69) is 5.32 Å². The van der Waals surface area contributed by atoms with Crippen molar-refractivity contribution in [3.05, 3.63) is 69.8 Å². The molecule has 0 fully saturated rings. The lowest BCUT2D eigenvalue weighted by Gasteiger charge is -2.06. The molecule has 24 heavy (non-hydrogen) atoms. The molecule has 0 aliphatic carbocycles. The van der Waals surface area contributed by atoms with Gasteiger partial charge in [-0.2, -0.15) is 5.26 Å². The van der Waals surface area contributed by atoms with Crippen LogP contribution in [0.2, 0.25) is 0 Å². The lowest BCUT2D eigenvalue weighted by atomic mass is 10.1. The van der Waals surface area contributed by atoms with Crippen LogP contribution in [-0.4, -0.2) is 23.1 Å². The summed E-state index contributed by atoms with van der Waals surface area (Å²) in [7, 11) is 0. The summed E-state index contributed by atoms with van der Waals surface area (Å²) in [5, 5.41) is 22.0. The third kappa shape index (κ3) is 5.11. The highest BCUT2D eigenvalue weighted by Gasteiger charge is 2.07. The van der Waals surface area contributed by atoms with Gasteiger partial charge in [0.05, 0.1) is 16.7 Å². The molecule has 0 radical (unpaired) electrons. The molecular weight excluding hydrogens is 326 g/mol. The van der Waals surface area contributed by atoms with Crippen molar-refractivity contribution in [1.29, 1.82) is 5.26 Å². The molecule has 0 unspecified atom stereocenters. The number of nitro benzene ring substituents is 1. The molecule has 0 saturated heterocycles. The van der Waals surface area contributed by atoms with Crippen molar-refractivity contribution >= 4 is 23.4 Å². The van der Waals surface area contributed by atoms with Gasteiger partial charge in [0, 0.05) is 29.1 Å². The molecule has 0 spiro atoms. The molecule has 6 nitrogen and oxygen atoms in total. The molecule has 0 heterocycles. The summed E-state index contributed by atoms with van der Waals surface area (Å²) in [6.07, 6.45) is 0.590. The second-order valence-corrected chi connectivity index (χ2v) is 5.95. The zero-order valence-corrected chi connectivity index (χ0v) is 13.6. The number of non-ortho nitro benzene ring substituents is 1. The van der Waals surface area contributed by atoms with Crippen LogP contribution in [-0.2, 0) is 6.42 Å². The Morgan fingerprint density at radius 1 is 1.25 bits per heavy atom. The Bertz CT molecular complexity index is 769. The topological polar surface area (TPSA) is 96.0 Å². The molecule has 1 amide bonds. The van der Waals surface area contributed by atoms with Crippen molar-refractivity contribution in [2.45, 2.75) is 11.3 Å². The van der Waals surface area contributed by atoms with Crippen LogP contribution in [0.3, 0.4) is 0 Å². The number of rotatable bonds is 7. The molecule has 2 aromatic rings. The minimum absolute atomic E-state index is 0.0504. The van der Waals surface area contributed by atoms with Crippen LogP contribution in [0.25, 0.3) is 0 Å². The van der Waals surface area contributed by atoms with Gasteiger partial charge in [-0.15, -0.1) is 11.8 Å². The van der Waals surface area contributed by atoms with Crippen LogP contribution in [0.1, 0.15) is 15.9 Å². The van der Waals surface area contributed by atoms with Gasteiger partial charge < -0.3 is 5.32 Å². The number of hydrogen-bond donors (Lipinski definition) is 1. The molecule has 0 aliphatic heterocycles. The van der Waals surface area contributed by atoms with Crippen LogP contribution in [0, 0.1) is 21.4 Å². The van der Waals surface area contributed by atoms with Crippen molar-refractivity contribution in [1.82, 2.24) is 5.32 Å². The fourth-order valence-electron chi connectivity index (χ4n) is 2.05. The van der Waals surface area contributed by atoms with E-state index >= 15 is 0 Å². The minimum atomic E-state index is -0.442. The maximum Gasteiger partial charge on any atom is 0.269 e. The third-order valence-corrected chi connectivity index (χ3v) is 4.11. The van der Waals surface area contributed by atoms with Crippen LogP contribution >= 0.6 is 11.8 Å². The quantitative estimate of drug-likeness (QED) is 0.474. The van der Waals surface area contributed by atoms with Gasteiger partial charge in [-0.1, -0.05) is 18.2 Å². The zero-order valence-electron chi connectivity index (χ0n) is 12.8. The molecule has 0 atom stereocenters. The number of nitriles is 1. The number of carbonyl (C=O) groups excluding carboxylic acids is 1. The Balaban J connectivity index is 1.86. The summed E-state index contributed by atoms with van der Waals surface area (Å²) in [6.45, 7) is 0.437. The highest BCUT2D eigenvalue weighted by Crippen LogP contribution is 2.18. The number of nitrogens with zero attached hydrogens (tertiary/aromatic N) is 2. The maximum absolute atomic E-state index is 12.1. The number of thioether (sulfide) groups is 1. The molecule has 0 aromatic heterocycles. The van der Waals surface area contributed by atoms with E-state index in [4.69, 9.17) is 5.26 Å². The van der Waals surface area contributed by atoms with E-state index in [-0.39, 0.29) is 11.6 Å². The first-order chi connectivity index (χ1) is 11.6. The average molecular weight is 341 g/mol. The number of nitro groups is 1. The fraction of sp³-hybridized carbons (Fsp3) is 0.176. The molecule has 0 saturated carbocycles. The number of amides is 1. The normalized spacial score (nSPS) is 9.96. The predicted molar refractivity (Wildman–Crippen MR) is 91.9 cm³/mol. The first-order valence-electron chi connectivity index (χ1n) is 7.21. The van der Waals surface area contributed by atoms with Gasteiger partial charge in [0.25, 0.3) is 11.6 Å². The first kappa shape index (κ1) is 17.5. The van der Waals surface area contributed by atoms with Gasteiger partial charge in [0.2, 0.25) is 0 Å². The Morgan fingerprint density at radius 3 is 2.67 bits per heavy atom. The van der Waals surface area contributed by atoms with Gasteiger partial charge >= 0.3 is 0 Å². The van der Waals surface area contributed by atoms with E-state index in [0.29, 0.717) is 24.3 Å². The molecule has 2 aromatic carbocycles. The van der Waals surface area contributed by atoms with Crippen LogP contribution < -0.4 is 5.32 Å². The largest absolute Gasteiger partial charge is 0.352 e. The van der Waals surface area contributed by atoms with E-state index in [1.807, 2.05) is 12.1 Å². The zero-order chi connectivity index (χ0) is 17.4.